The SMILES string of the molecule is CC=CC=CC(=O)OCc1csc(Nc2ccc(OC)cc2)n1. The minimum atomic E-state index is -0.388. The average Bonchev–Trinajstić information content (AvgIpc) is 3.01. The maximum atomic E-state index is 11.5. The van der Waals surface area contributed by atoms with E-state index in [-0.39, 0.29) is 12.6 Å². The van der Waals surface area contributed by atoms with Crippen LogP contribution in [0.5, 0.6) is 5.75 Å². The van der Waals surface area contributed by atoms with Crippen molar-refractivity contribution in [2.24, 2.45) is 0 Å². The lowest BCUT2D eigenvalue weighted by Gasteiger charge is -2.04. The van der Waals surface area contributed by atoms with E-state index in [1.165, 1.54) is 17.4 Å². The van der Waals surface area contributed by atoms with Crippen molar-refractivity contribution in [3.63, 3.8) is 0 Å². The summed E-state index contributed by atoms with van der Waals surface area (Å²) < 4.78 is 10.2. The summed E-state index contributed by atoms with van der Waals surface area (Å²) in [7, 11) is 1.63. The summed E-state index contributed by atoms with van der Waals surface area (Å²) in [6.45, 7) is 2.03. The number of thiazole rings is 1. The molecule has 2 rings (SSSR count). The molecule has 1 aromatic carbocycles. The van der Waals surface area contributed by atoms with Crippen molar-refractivity contribution in [1.29, 1.82) is 0 Å². The number of methoxy groups -OCH3 is 1. The summed E-state index contributed by atoms with van der Waals surface area (Å²) in [4.78, 5) is 15.8. The number of nitrogens with zero attached hydrogens (tertiary/aromatic N) is 1. The first kappa shape index (κ1) is 16.8. The van der Waals surface area contributed by atoms with Crippen molar-refractivity contribution >= 4 is 28.1 Å². The molecule has 1 heterocycles. The zero-order valence-electron chi connectivity index (χ0n) is 13.0. The summed E-state index contributed by atoms with van der Waals surface area (Å²) in [5, 5.41) is 5.79. The maximum absolute atomic E-state index is 11.5. The second-order valence-corrected chi connectivity index (χ2v) is 5.35. The van der Waals surface area contributed by atoms with E-state index in [1.807, 2.05) is 42.6 Å². The molecule has 120 valence electrons. The molecule has 23 heavy (non-hydrogen) atoms. The van der Waals surface area contributed by atoms with Gasteiger partial charge in [0, 0.05) is 17.1 Å². The van der Waals surface area contributed by atoms with Gasteiger partial charge in [0.05, 0.1) is 12.8 Å². The van der Waals surface area contributed by atoms with Crippen LogP contribution in [0, 0.1) is 0 Å². The normalized spacial score (nSPS) is 11.0. The molecule has 5 nitrogen and oxygen atoms in total. The van der Waals surface area contributed by atoms with Gasteiger partial charge in [0.2, 0.25) is 0 Å². The highest BCUT2D eigenvalue weighted by Gasteiger charge is 2.05. The van der Waals surface area contributed by atoms with Gasteiger partial charge in [-0.2, -0.15) is 0 Å². The van der Waals surface area contributed by atoms with Crippen LogP contribution in [0.25, 0.3) is 0 Å². The number of carbonyl (C=O) groups is 1. The molecule has 0 spiro atoms. The standard InChI is InChI=1S/C17H18N2O3S/c1-3-4-5-6-16(20)22-11-14-12-23-17(19-14)18-13-7-9-15(21-2)10-8-13/h3-10,12H,11H2,1-2H3,(H,18,19). The number of ether oxygens (including phenoxy) is 2. The van der Waals surface area contributed by atoms with E-state index in [0.29, 0.717) is 5.69 Å². The van der Waals surface area contributed by atoms with Gasteiger partial charge < -0.3 is 14.8 Å². The molecule has 1 N–H and O–H groups in total. The van der Waals surface area contributed by atoms with Crippen LogP contribution in [-0.4, -0.2) is 18.1 Å². The summed E-state index contributed by atoms with van der Waals surface area (Å²) >= 11 is 1.45. The molecule has 0 aliphatic heterocycles. The Balaban J connectivity index is 1.86. The van der Waals surface area contributed by atoms with Gasteiger partial charge in [-0.25, -0.2) is 9.78 Å². The molecule has 0 saturated heterocycles. The number of rotatable bonds is 7. The molecule has 0 aliphatic rings. The lowest BCUT2D eigenvalue weighted by molar-refractivity contribution is -0.139. The predicted octanol–water partition coefficient (Wildman–Crippen LogP) is 4.07. The second-order valence-electron chi connectivity index (χ2n) is 4.49. The third-order valence-corrected chi connectivity index (χ3v) is 3.60. The van der Waals surface area contributed by atoms with Crippen LogP contribution in [0.4, 0.5) is 10.8 Å². The summed E-state index contributed by atoms with van der Waals surface area (Å²) in [5.41, 5.74) is 1.62. The quantitative estimate of drug-likeness (QED) is 0.471. The van der Waals surface area contributed by atoms with E-state index >= 15 is 0 Å². The fraction of sp³-hybridized carbons (Fsp3) is 0.176. The lowest BCUT2D eigenvalue weighted by Crippen LogP contribution is -2.01. The number of anilines is 2. The summed E-state index contributed by atoms with van der Waals surface area (Å²) in [6, 6.07) is 7.56. The molecule has 0 bridgehead atoms. The summed E-state index contributed by atoms with van der Waals surface area (Å²) in [5.74, 6) is 0.411. The molecule has 0 amide bonds. The smallest absolute Gasteiger partial charge is 0.331 e. The van der Waals surface area contributed by atoms with Crippen molar-refractivity contribution < 1.29 is 14.3 Å². The molecule has 0 atom stereocenters. The molecule has 0 aliphatic carbocycles. The number of allylic oxidation sites excluding steroid dienone is 3. The highest BCUT2D eigenvalue weighted by Crippen LogP contribution is 2.23. The van der Waals surface area contributed by atoms with Gasteiger partial charge in [0.25, 0.3) is 0 Å². The van der Waals surface area contributed by atoms with Gasteiger partial charge >= 0.3 is 5.97 Å². The molecular weight excluding hydrogens is 312 g/mol. The monoisotopic (exact) mass is 330 g/mol. The highest BCUT2D eigenvalue weighted by atomic mass is 32.1. The second kappa shape index (κ2) is 8.75. The Bertz CT molecular complexity index is 690. The van der Waals surface area contributed by atoms with Gasteiger partial charge in [-0.3, -0.25) is 0 Å². The number of aromatic nitrogens is 1. The van der Waals surface area contributed by atoms with Crippen LogP contribution in [0.3, 0.4) is 0 Å². The highest BCUT2D eigenvalue weighted by molar-refractivity contribution is 7.13. The van der Waals surface area contributed by atoms with Gasteiger partial charge in [-0.15, -0.1) is 11.3 Å². The third-order valence-electron chi connectivity index (χ3n) is 2.79. The first-order valence-electron chi connectivity index (χ1n) is 7.03. The topological polar surface area (TPSA) is 60.5 Å². The average molecular weight is 330 g/mol. The van der Waals surface area contributed by atoms with Gasteiger partial charge in [-0.05, 0) is 31.2 Å². The Morgan fingerprint density at radius 1 is 1.30 bits per heavy atom. The van der Waals surface area contributed by atoms with Crippen LogP contribution in [0.15, 0.2) is 53.9 Å². The van der Waals surface area contributed by atoms with E-state index in [4.69, 9.17) is 9.47 Å². The minimum absolute atomic E-state index is 0.153. The zero-order valence-corrected chi connectivity index (χ0v) is 13.8. The maximum Gasteiger partial charge on any atom is 0.331 e. The molecule has 0 saturated carbocycles. The third kappa shape index (κ3) is 5.60. The van der Waals surface area contributed by atoms with Crippen LogP contribution >= 0.6 is 11.3 Å². The molecule has 6 heteroatoms. The van der Waals surface area contributed by atoms with Crippen LogP contribution < -0.4 is 10.1 Å². The van der Waals surface area contributed by atoms with Gasteiger partial charge in [-0.1, -0.05) is 18.2 Å². The van der Waals surface area contributed by atoms with Gasteiger partial charge in [0.1, 0.15) is 12.4 Å². The van der Waals surface area contributed by atoms with E-state index < -0.39 is 0 Å². The van der Waals surface area contributed by atoms with Crippen molar-refractivity contribution in [3.05, 3.63) is 59.6 Å². The van der Waals surface area contributed by atoms with Gasteiger partial charge in [0.15, 0.2) is 5.13 Å². The minimum Gasteiger partial charge on any atom is -0.497 e. The fourth-order valence-electron chi connectivity index (χ4n) is 1.67. The van der Waals surface area contributed by atoms with Crippen molar-refractivity contribution in [2.45, 2.75) is 13.5 Å². The lowest BCUT2D eigenvalue weighted by atomic mass is 10.3. The number of hydrogen-bond donors (Lipinski definition) is 1. The molecule has 0 fully saturated rings. The molecule has 1 aromatic heterocycles. The Morgan fingerprint density at radius 2 is 2.09 bits per heavy atom. The molecule has 0 unspecified atom stereocenters. The largest absolute Gasteiger partial charge is 0.497 e. The van der Waals surface area contributed by atoms with E-state index in [2.05, 4.69) is 10.3 Å². The fourth-order valence-corrected chi connectivity index (χ4v) is 2.38. The number of carbonyl (C=O) groups excluding carboxylic acids is 1. The zero-order chi connectivity index (χ0) is 16.5. The molecule has 0 radical (unpaired) electrons. The Morgan fingerprint density at radius 3 is 2.78 bits per heavy atom. The number of esters is 1. The molecule has 2 aromatic rings. The van der Waals surface area contributed by atoms with Crippen LogP contribution in [0.2, 0.25) is 0 Å². The Labute approximate surface area is 139 Å². The van der Waals surface area contributed by atoms with E-state index in [9.17, 15) is 4.79 Å². The van der Waals surface area contributed by atoms with Crippen molar-refractivity contribution in [2.75, 3.05) is 12.4 Å². The van der Waals surface area contributed by atoms with Crippen molar-refractivity contribution in [3.8, 4) is 5.75 Å². The molecular formula is C17H18N2O3S. The van der Waals surface area contributed by atoms with Crippen LogP contribution in [-0.2, 0) is 16.1 Å². The Hall–Kier alpha value is -2.60. The van der Waals surface area contributed by atoms with Crippen LogP contribution in [0.1, 0.15) is 12.6 Å². The predicted molar refractivity (Wildman–Crippen MR) is 92.1 cm³/mol. The number of nitrogens with one attached hydrogen (secondary N) is 1. The first-order valence-corrected chi connectivity index (χ1v) is 7.91. The first-order chi connectivity index (χ1) is 11.2. The number of benzene rings is 1. The number of hydrogen-bond acceptors (Lipinski definition) is 6. The summed E-state index contributed by atoms with van der Waals surface area (Å²) in [6.07, 6.45) is 6.62. The van der Waals surface area contributed by atoms with Crippen molar-refractivity contribution in [1.82, 2.24) is 4.98 Å². The van der Waals surface area contributed by atoms with E-state index in [0.717, 1.165) is 16.6 Å². The Kier molecular flexibility index (Phi) is 6.38. The van der Waals surface area contributed by atoms with E-state index in [1.54, 1.807) is 19.3 Å².